The standard InChI is InChI=1S/C15H12BrN3OS/c16-13-6-5-12(21-13)15-18-14(20-19-15)7-9-8-17-11-4-2-1-3-10(9)11/h1-6,9,17H,7-8H2. The number of hydrogen-bond donors (Lipinski definition) is 1. The molecule has 0 saturated heterocycles. The van der Waals surface area contributed by atoms with E-state index in [1.165, 1.54) is 11.3 Å². The van der Waals surface area contributed by atoms with Crippen molar-refractivity contribution in [1.82, 2.24) is 10.1 Å². The number of fused-ring (bicyclic) bond motifs is 1. The highest BCUT2D eigenvalue weighted by Gasteiger charge is 2.24. The van der Waals surface area contributed by atoms with Crippen molar-refractivity contribution < 1.29 is 4.52 Å². The molecule has 106 valence electrons. The smallest absolute Gasteiger partial charge is 0.227 e. The van der Waals surface area contributed by atoms with Gasteiger partial charge in [0.15, 0.2) is 0 Å². The molecule has 0 amide bonds. The average molecular weight is 362 g/mol. The zero-order valence-corrected chi connectivity index (χ0v) is 13.4. The van der Waals surface area contributed by atoms with E-state index >= 15 is 0 Å². The summed E-state index contributed by atoms with van der Waals surface area (Å²) in [6, 6.07) is 12.4. The third kappa shape index (κ3) is 2.49. The molecule has 4 nitrogen and oxygen atoms in total. The summed E-state index contributed by atoms with van der Waals surface area (Å²) in [6.07, 6.45) is 0.767. The Hall–Kier alpha value is -1.66. The second kappa shape index (κ2) is 5.27. The lowest BCUT2D eigenvalue weighted by molar-refractivity contribution is 0.372. The number of rotatable bonds is 3. The zero-order chi connectivity index (χ0) is 14.2. The highest BCUT2D eigenvalue weighted by Crippen LogP contribution is 2.34. The predicted octanol–water partition coefficient (Wildman–Crippen LogP) is 4.31. The van der Waals surface area contributed by atoms with Crippen LogP contribution in [0.4, 0.5) is 5.69 Å². The van der Waals surface area contributed by atoms with Gasteiger partial charge in [-0.05, 0) is 39.7 Å². The SMILES string of the molecule is Brc1ccc(-c2noc(CC3CNc4ccccc43)n2)s1. The molecule has 1 aliphatic rings. The van der Waals surface area contributed by atoms with Crippen molar-refractivity contribution in [2.24, 2.45) is 0 Å². The van der Waals surface area contributed by atoms with Crippen LogP contribution in [-0.2, 0) is 6.42 Å². The van der Waals surface area contributed by atoms with E-state index < -0.39 is 0 Å². The van der Waals surface area contributed by atoms with Crippen LogP contribution in [0.2, 0.25) is 0 Å². The number of nitrogens with one attached hydrogen (secondary N) is 1. The van der Waals surface area contributed by atoms with Crippen LogP contribution in [0, 0.1) is 0 Å². The van der Waals surface area contributed by atoms with E-state index in [9.17, 15) is 0 Å². The summed E-state index contributed by atoms with van der Waals surface area (Å²) in [4.78, 5) is 5.53. The van der Waals surface area contributed by atoms with Gasteiger partial charge in [-0.3, -0.25) is 0 Å². The summed E-state index contributed by atoms with van der Waals surface area (Å²) in [5, 5.41) is 7.50. The molecule has 0 saturated carbocycles. The Bertz CT molecular complexity index is 783. The van der Waals surface area contributed by atoms with Gasteiger partial charge in [-0.2, -0.15) is 4.98 Å². The van der Waals surface area contributed by atoms with Gasteiger partial charge in [0, 0.05) is 24.6 Å². The molecule has 0 radical (unpaired) electrons. The highest BCUT2D eigenvalue weighted by molar-refractivity contribution is 9.11. The molecule has 0 aliphatic carbocycles. The summed E-state index contributed by atoms with van der Waals surface area (Å²) < 4.78 is 6.48. The maximum atomic E-state index is 5.41. The van der Waals surface area contributed by atoms with Crippen molar-refractivity contribution in [3.05, 3.63) is 51.6 Å². The monoisotopic (exact) mass is 361 g/mol. The number of halogens is 1. The summed E-state index contributed by atoms with van der Waals surface area (Å²) in [7, 11) is 0. The minimum atomic E-state index is 0.393. The lowest BCUT2D eigenvalue weighted by atomic mass is 9.98. The number of aromatic nitrogens is 2. The number of nitrogens with zero attached hydrogens (tertiary/aromatic N) is 2. The molecule has 0 fully saturated rings. The molecule has 6 heteroatoms. The number of thiophene rings is 1. The normalized spacial score (nSPS) is 16.7. The molecular weight excluding hydrogens is 350 g/mol. The van der Waals surface area contributed by atoms with Crippen molar-refractivity contribution in [2.45, 2.75) is 12.3 Å². The first-order chi connectivity index (χ1) is 10.3. The molecule has 1 atom stereocenters. The number of benzene rings is 1. The van der Waals surface area contributed by atoms with E-state index in [2.05, 4.69) is 49.6 Å². The summed E-state index contributed by atoms with van der Waals surface area (Å²) in [5.74, 6) is 1.75. The van der Waals surface area contributed by atoms with Gasteiger partial charge in [0.1, 0.15) is 0 Å². The number of anilines is 1. The highest BCUT2D eigenvalue weighted by atomic mass is 79.9. The van der Waals surface area contributed by atoms with Crippen LogP contribution in [0.5, 0.6) is 0 Å². The third-order valence-electron chi connectivity index (χ3n) is 3.62. The van der Waals surface area contributed by atoms with Crippen molar-refractivity contribution in [1.29, 1.82) is 0 Å². The average Bonchev–Trinajstić information content (AvgIpc) is 3.20. The fourth-order valence-corrected chi connectivity index (χ4v) is 3.93. The Morgan fingerprint density at radius 3 is 3.05 bits per heavy atom. The van der Waals surface area contributed by atoms with Crippen LogP contribution >= 0.6 is 27.3 Å². The van der Waals surface area contributed by atoms with Crippen LogP contribution in [0.1, 0.15) is 17.4 Å². The maximum absolute atomic E-state index is 5.41. The van der Waals surface area contributed by atoms with E-state index in [-0.39, 0.29) is 0 Å². The first-order valence-electron chi connectivity index (χ1n) is 6.71. The van der Waals surface area contributed by atoms with Gasteiger partial charge in [0.2, 0.25) is 11.7 Å². The third-order valence-corrected chi connectivity index (χ3v) is 5.24. The maximum Gasteiger partial charge on any atom is 0.227 e. The Balaban J connectivity index is 1.55. The molecule has 3 heterocycles. The lowest BCUT2D eigenvalue weighted by Gasteiger charge is -2.05. The van der Waals surface area contributed by atoms with E-state index in [1.807, 2.05) is 18.2 Å². The first kappa shape index (κ1) is 13.0. The fraction of sp³-hybridized carbons (Fsp3) is 0.200. The summed E-state index contributed by atoms with van der Waals surface area (Å²) in [5.41, 5.74) is 2.54. The van der Waals surface area contributed by atoms with E-state index in [0.717, 1.165) is 21.6 Å². The Kier molecular flexibility index (Phi) is 3.27. The van der Waals surface area contributed by atoms with Gasteiger partial charge in [-0.25, -0.2) is 0 Å². The van der Waals surface area contributed by atoms with Gasteiger partial charge in [0.25, 0.3) is 0 Å². The molecule has 3 aromatic rings. The molecule has 1 aromatic carbocycles. The van der Waals surface area contributed by atoms with Crippen molar-refractivity contribution in [2.75, 3.05) is 11.9 Å². The molecular formula is C15H12BrN3OS. The van der Waals surface area contributed by atoms with E-state index in [1.54, 1.807) is 11.3 Å². The summed E-state index contributed by atoms with van der Waals surface area (Å²) in [6.45, 7) is 0.918. The van der Waals surface area contributed by atoms with E-state index in [0.29, 0.717) is 17.6 Å². The van der Waals surface area contributed by atoms with Gasteiger partial charge >= 0.3 is 0 Å². The minimum absolute atomic E-state index is 0.393. The van der Waals surface area contributed by atoms with Crippen molar-refractivity contribution in [3.8, 4) is 10.7 Å². The molecule has 0 bridgehead atoms. The molecule has 1 N–H and O–H groups in total. The van der Waals surface area contributed by atoms with Crippen LogP contribution < -0.4 is 5.32 Å². The Morgan fingerprint density at radius 1 is 1.29 bits per heavy atom. The van der Waals surface area contributed by atoms with Crippen LogP contribution in [0.3, 0.4) is 0 Å². The van der Waals surface area contributed by atoms with Crippen molar-refractivity contribution in [3.63, 3.8) is 0 Å². The topological polar surface area (TPSA) is 51.0 Å². The van der Waals surface area contributed by atoms with Gasteiger partial charge < -0.3 is 9.84 Å². The first-order valence-corrected chi connectivity index (χ1v) is 8.31. The Morgan fingerprint density at radius 2 is 2.19 bits per heavy atom. The molecule has 1 unspecified atom stereocenters. The van der Waals surface area contributed by atoms with E-state index in [4.69, 9.17) is 4.52 Å². The van der Waals surface area contributed by atoms with Gasteiger partial charge in [-0.15, -0.1) is 11.3 Å². The fourth-order valence-electron chi connectivity index (χ4n) is 2.62. The molecule has 0 spiro atoms. The van der Waals surface area contributed by atoms with Crippen LogP contribution in [-0.4, -0.2) is 16.7 Å². The van der Waals surface area contributed by atoms with Crippen LogP contribution in [0.25, 0.3) is 10.7 Å². The molecule has 2 aromatic heterocycles. The Labute approximate surface area is 134 Å². The second-order valence-corrected chi connectivity index (χ2v) is 7.45. The van der Waals surface area contributed by atoms with Gasteiger partial charge in [-0.1, -0.05) is 23.4 Å². The lowest BCUT2D eigenvalue weighted by Crippen LogP contribution is -2.05. The number of para-hydroxylation sites is 1. The zero-order valence-electron chi connectivity index (χ0n) is 11.0. The number of hydrogen-bond acceptors (Lipinski definition) is 5. The minimum Gasteiger partial charge on any atom is -0.384 e. The summed E-state index contributed by atoms with van der Waals surface area (Å²) >= 11 is 5.05. The predicted molar refractivity (Wildman–Crippen MR) is 86.7 cm³/mol. The molecule has 4 rings (SSSR count). The molecule has 1 aliphatic heterocycles. The largest absolute Gasteiger partial charge is 0.384 e. The molecule has 21 heavy (non-hydrogen) atoms. The van der Waals surface area contributed by atoms with Gasteiger partial charge in [0.05, 0.1) is 8.66 Å². The second-order valence-electron chi connectivity index (χ2n) is 4.98. The quantitative estimate of drug-likeness (QED) is 0.754. The van der Waals surface area contributed by atoms with Crippen molar-refractivity contribution >= 4 is 33.0 Å². The van der Waals surface area contributed by atoms with Crippen LogP contribution in [0.15, 0.2) is 44.7 Å².